The summed E-state index contributed by atoms with van der Waals surface area (Å²) in [5.41, 5.74) is 4.15. The Bertz CT molecular complexity index is 1310. The topological polar surface area (TPSA) is 79.7 Å². The second-order valence-electron chi connectivity index (χ2n) is 7.25. The van der Waals surface area contributed by atoms with E-state index in [2.05, 4.69) is 4.98 Å². The van der Waals surface area contributed by atoms with Crippen molar-refractivity contribution in [2.75, 3.05) is 13.7 Å². The number of hydrogen-bond acceptors (Lipinski definition) is 4. The van der Waals surface area contributed by atoms with Gasteiger partial charge < -0.3 is 14.6 Å². The first-order chi connectivity index (χ1) is 14.7. The highest BCUT2D eigenvalue weighted by molar-refractivity contribution is 5.94. The first-order valence-corrected chi connectivity index (χ1v) is 9.76. The average molecular weight is 400 g/mol. The predicted octanol–water partition coefficient (Wildman–Crippen LogP) is 2.90. The van der Waals surface area contributed by atoms with Crippen LogP contribution in [-0.4, -0.2) is 38.8 Å². The molecule has 150 valence electrons. The highest BCUT2D eigenvalue weighted by atomic mass is 16.5. The van der Waals surface area contributed by atoms with Crippen LogP contribution in [0.2, 0.25) is 0 Å². The molecule has 1 aliphatic heterocycles. The number of methoxy groups -OCH3 is 1. The standard InChI is InChI=1S/C23H20N4O3/c1-30-20-10-6-5-9-16(20)19-14-27-21(24-19)17-13-26(12-11-18(17)25-23(27)29)22(28)15-7-3-2-4-8-15/h2-10,14H,11-13H2,1H3,(H,25,29). The minimum Gasteiger partial charge on any atom is -0.496 e. The van der Waals surface area contributed by atoms with Gasteiger partial charge in [0.1, 0.15) is 11.4 Å². The average Bonchev–Trinajstić information content (AvgIpc) is 3.25. The monoisotopic (exact) mass is 400 g/mol. The third-order valence-electron chi connectivity index (χ3n) is 5.49. The molecular weight excluding hydrogens is 380 g/mol. The number of amides is 1. The number of rotatable bonds is 3. The molecule has 0 saturated carbocycles. The second-order valence-corrected chi connectivity index (χ2v) is 7.25. The number of carbonyl (C=O) groups is 1. The number of para-hydroxylation sites is 1. The van der Waals surface area contributed by atoms with E-state index >= 15 is 0 Å². The summed E-state index contributed by atoms with van der Waals surface area (Å²) < 4.78 is 6.96. The zero-order chi connectivity index (χ0) is 20.7. The number of carbonyl (C=O) groups excluding carboxylic acids is 1. The molecule has 5 rings (SSSR count). The fourth-order valence-electron chi connectivity index (χ4n) is 3.97. The largest absolute Gasteiger partial charge is 0.496 e. The number of nitrogens with one attached hydrogen (secondary N) is 1. The number of benzene rings is 2. The molecule has 0 bridgehead atoms. The number of fused-ring (bicyclic) bond motifs is 3. The summed E-state index contributed by atoms with van der Waals surface area (Å²) >= 11 is 0. The Morgan fingerprint density at radius 2 is 1.87 bits per heavy atom. The highest BCUT2D eigenvalue weighted by Crippen LogP contribution is 2.30. The SMILES string of the molecule is COc1ccccc1-c1cn2c(=O)[nH]c3c(c2n1)CN(C(=O)c1ccccc1)CC3. The van der Waals surface area contributed by atoms with E-state index < -0.39 is 0 Å². The van der Waals surface area contributed by atoms with E-state index in [0.29, 0.717) is 42.2 Å². The van der Waals surface area contributed by atoms with Gasteiger partial charge in [-0.3, -0.25) is 9.20 Å². The summed E-state index contributed by atoms with van der Waals surface area (Å²) in [6.45, 7) is 0.943. The summed E-state index contributed by atoms with van der Waals surface area (Å²) in [5, 5.41) is 0. The molecule has 0 unspecified atom stereocenters. The van der Waals surface area contributed by atoms with Crippen LogP contribution >= 0.6 is 0 Å². The van der Waals surface area contributed by atoms with E-state index in [1.165, 1.54) is 4.40 Å². The lowest BCUT2D eigenvalue weighted by Gasteiger charge is -2.28. The van der Waals surface area contributed by atoms with Crippen LogP contribution in [-0.2, 0) is 13.0 Å². The number of nitrogens with zero attached hydrogens (tertiary/aromatic N) is 3. The summed E-state index contributed by atoms with van der Waals surface area (Å²) in [6.07, 6.45) is 2.29. The third kappa shape index (κ3) is 2.95. The van der Waals surface area contributed by atoms with Gasteiger partial charge in [-0.1, -0.05) is 30.3 Å². The highest BCUT2D eigenvalue weighted by Gasteiger charge is 2.26. The van der Waals surface area contributed by atoms with Crippen LogP contribution in [0.3, 0.4) is 0 Å². The predicted molar refractivity (Wildman–Crippen MR) is 113 cm³/mol. The molecular formula is C23H20N4O3. The van der Waals surface area contributed by atoms with Gasteiger partial charge in [-0.05, 0) is 24.3 Å². The molecule has 0 atom stereocenters. The molecule has 0 aliphatic carbocycles. The number of aromatic amines is 1. The Balaban J connectivity index is 1.59. The Morgan fingerprint density at radius 3 is 2.67 bits per heavy atom. The van der Waals surface area contributed by atoms with Crippen molar-refractivity contribution in [2.45, 2.75) is 13.0 Å². The molecule has 2 aromatic heterocycles. The minimum absolute atomic E-state index is 0.0258. The number of hydrogen-bond donors (Lipinski definition) is 1. The van der Waals surface area contributed by atoms with E-state index in [1.807, 2.05) is 54.6 Å². The molecule has 0 saturated heterocycles. The fraction of sp³-hybridized carbons (Fsp3) is 0.174. The third-order valence-corrected chi connectivity index (χ3v) is 5.49. The molecule has 1 N–H and O–H groups in total. The van der Waals surface area contributed by atoms with Crippen molar-refractivity contribution >= 4 is 11.6 Å². The van der Waals surface area contributed by atoms with Crippen LogP contribution in [0.4, 0.5) is 0 Å². The zero-order valence-electron chi connectivity index (χ0n) is 16.5. The molecule has 30 heavy (non-hydrogen) atoms. The van der Waals surface area contributed by atoms with Crippen LogP contribution in [0, 0.1) is 0 Å². The molecule has 2 aromatic carbocycles. The lowest BCUT2D eigenvalue weighted by atomic mass is 10.1. The number of ether oxygens (including phenoxy) is 1. The van der Waals surface area contributed by atoms with Crippen LogP contribution in [0.5, 0.6) is 5.75 Å². The van der Waals surface area contributed by atoms with Crippen molar-refractivity contribution in [1.82, 2.24) is 19.3 Å². The molecule has 0 radical (unpaired) electrons. The molecule has 3 heterocycles. The van der Waals surface area contributed by atoms with Crippen LogP contribution < -0.4 is 10.4 Å². The minimum atomic E-state index is -0.236. The first-order valence-electron chi connectivity index (χ1n) is 9.76. The molecule has 7 heteroatoms. The van der Waals surface area contributed by atoms with E-state index in [4.69, 9.17) is 9.72 Å². The van der Waals surface area contributed by atoms with Crippen molar-refractivity contribution in [3.05, 3.63) is 88.1 Å². The lowest BCUT2D eigenvalue weighted by Crippen LogP contribution is -2.38. The number of imidazole rings is 1. The van der Waals surface area contributed by atoms with Crippen molar-refractivity contribution in [1.29, 1.82) is 0 Å². The van der Waals surface area contributed by atoms with Gasteiger partial charge in [0.05, 0.1) is 19.3 Å². The molecule has 1 amide bonds. The Labute approximate surface area is 172 Å². The van der Waals surface area contributed by atoms with E-state index in [-0.39, 0.29) is 11.6 Å². The van der Waals surface area contributed by atoms with Crippen LogP contribution in [0.1, 0.15) is 21.6 Å². The van der Waals surface area contributed by atoms with Crippen molar-refractivity contribution in [3.8, 4) is 17.0 Å². The summed E-state index contributed by atoms with van der Waals surface area (Å²) in [5.74, 6) is 0.661. The molecule has 7 nitrogen and oxygen atoms in total. The Morgan fingerprint density at radius 1 is 1.10 bits per heavy atom. The maximum absolute atomic E-state index is 12.9. The fourth-order valence-corrected chi connectivity index (χ4v) is 3.97. The van der Waals surface area contributed by atoms with Crippen LogP contribution in [0.15, 0.2) is 65.6 Å². The Kier molecular flexibility index (Phi) is 4.35. The first kappa shape index (κ1) is 18.2. The molecule has 0 spiro atoms. The van der Waals surface area contributed by atoms with Gasteiger partial charge in [0, 0.05) is 41.5 Å². The molecule has 1 aliphatic rings. The van der Waals surface area contributed by atoms with Gasteiger partial charge >= 0.3 is 5.69 Å². The van der Waals surface area contributed by atoms with Gasteiger partial charge in [-0.2, -0.15) is 0 Å². The van der Waals surface area contributed by atoms with Crippen LogP contribution in [0.25, 0.3) is 16.9 Å². The van der Waals surface area contributed by atoms with E-state index in [9.17, 15) is 9.59 Å². The molecule has 0 fully saturated rings. The number of aromatic nitrogens is 3. The number of H-pyrrole nitrogens is 1. The zero-order valence-corrected chi connectivity index (χ0v) is 16.5. The van der Waals surface area contributed by atoms with Crippen molar-refractivity contribution < 1.29 is 9.53 Å². The van der Waals surface area contributed by atoms with Crippen molar-refractivity contribution in [3.63, 3.8) is 0 Å². The summed E-state index contributed by atoms with van der Waals surface area (Å²) in [4.78, 5) is 35.1. The molecule has 4 aromatic rings. The van der Waals surface area contributed by atoms with E-state index in [0.717, 1.165) is 16.8 Å². The summed E-state index contributed by atoms with van der Waals surface area (Å²) in [6, 6.07) is 16.8. The smallest absolute Gasteiger partial charge is 0.331 e. The van der Waals surface area contributed by atoms with Gasteiger partial charge in [0.25, 0.3) is 5.91 Å². The second kappa shape index (κ2) is 7.18. The maximum Gasteiger partial charge on any atom is 0.331 e. The quantitative estimate of drug-likeness (QED) is 0.574. The maximum atomic E-state index is 12.9. The van der Waals surface area contributed by atoms with Gasteiger partial charge in [0.15, 0.2) is 0 Å². The van der Waals surface area contributed by atoms with Gasteiger partial charge in [-0.25, -0.2) is 9.78 Å². The van der Waals surface area contributed by atoms with E-state index in [1.54, 1.807) is 18.2 Å². The van der Waals surface area contributed by atoms with Gasteiger partial charge in [-0.15, -0.1) is 0 Å². The lowest BCUT2D eigenvalue weighted by molar-refractivity contribution is 0.0734. The van der Waals surface area contributed by atoms with Crippen molar-refractivity contribution in [2.24, 2.45) is 0 Å². The van der Waals surface area contributed by atoms with Gasteiger partial charge in [0.2, 0.25) is 0 Å². The summed E-state index contributed by atoms with van der Waals surface area (Å²) in [7, 11) is 1.61. The normalized spacial score (nSPS) is 13.3. The Hall–Kier alpha value is -3.87.